The van der Waals surface area contributed by atoms with Crippen LogP contribution in [0.15, 0.2) is 16.5 Å². The van der Waals surface area contributed by atoms with Gasteiger partial charge in [0.15, 0.2) is 0 Å². The molecule has 1 N–H and O–H groups in total. The highest BCUT2D eigenvalue weighted by molar-refractivity contribution is 7.98. The number of hydrogen-bond acceptors (Lipinski definition) is 5. The van der Waals surface area contributed by atoms with Gasteiger partial charge < -0.3 is 9.73 Å². The molecular weight excluding hydrogens is 284 g/mol. The van der Waals surface area contributed by atoms with Crippen LogP contribution >= 0.6 is 11.8 Å². The van der Waals surface area contributed by atoms with Crippen molar-refractivity contribution >= 4 is 21.6 Å². The summed E-state index contributed by atoms with van der Waals surface area (Å²) in [7, 11) is -2.97. The lowest BCUT2D eigenvalue weighted by molar-refractivity contribution is 0.251. The van der Waals surface area contributed by atoms with Gasteiger partial charge >= 0.3 is 0 Å². The average Bonchev–Trinajstić information content (AvgIpc) is 2.68. The predicted molar refractivity (Wildman–Crippen MR) is 67.4 cm³/mol. The molecule has 0 amide bonds. The molecule has 1 rings (SSSR count). The second-order valence-electron chi connectivity index (χ2n) is 3.75. The molecule has 1 aromatic heterocycles. The molecule has 0 aliphatic carbocycles. The predicted octanol–water partition coefficient (Wildman–Crippen LogP) is 1.87. The molecule has 104 valence electrons. The van der Waals surface area contributed by atoms with E-state index in [1.54, 1.807) is 12.1 Å². The minimum absolute atomic E-state index is 0.0573. The quantitative estimate of drug-likeness (QED) is 0.743. The molecule has 0 aromatic carbocycles. The molecule has 0 aliphatic heterocycles. The maximum Gasteiger partial charge on any atom is 0.284 e. The summed E-state index contributed by atoms with van der Waals surface area (Å²) in [6, 6.07) is 3.33. The first-order valence-electron chi connectivity index (χ1n) is 5.22. The zero-order valence-corrected chi connectivity index (χ0v) is 11.5. The lowest BCUT2D eigenvalue weighted by Crippen LogP contribution is -2.21. The molecule has 0 unspecified atom stereocenters. The van der Waals surface area contributed by atoms with E-state index in [0.717, 1.165) is 0 Å². The topological polar surface area (TPSA) is 59.3 Å². The van der Waals surface area contributed by atoms with E-state index in [1.165, 1.54) is 6.26 Å². The zero-order valence-electron chi connectivity index (χ0n) is 9.86. The second kappa shape index (κ2) is 7.10. The molecule has 0 saturated heterocycles. The van der Waals surface area contributed by atoms with Crippen molar-refractivity contribution in [1.82, 2.24) is 5.32 Å². The van der Waals surface area contributed by atoms with Crippen LogP contribution in [0, 0.1) is 0 Å². The zero-order chi connectivity index (χ0) is 13.6. The van der Waals surface area contributed by atoms with Crippen LogP contribution in [0.5, 0.6) is 0 Å². The lowest BCUT2D eigenvalue weighted by Gasteiger charge is -2.01. The van der Waals surface area contributed by atoms with Gasteiger partial charge in [-0.15, -0.1) is 0 Å². The maximum atomic E-state index is 11.9. The summed E-state index contributed by atoms with van der Waals surface area (Å²) in [6.45, 7) is 0.718. The fourth-order valence-corrected chi connectivity index (χ4v) is 2.17. The SMILES string of the molecule is CS(=O)(=O)CCNCc1ccc(CSC(F)F)o1. The van der Waals surface area contributed by atoms with Crippen molar-refractivity contribution in [1.29, 1.82) is 0 Å². The Labute approximate surface area is 109 Å². The minimum Gasteiger partial charge on any atom is -0.464 e. The summed E-state index contributed by atoms with van der Waals surface area (Å²) < 4.78 is 50.9. The molecule has 1 heterocycles. The van der Waals surface area contributed by atoms with Gasteiger partial charge in [0.05, 0.1) is 18.1 Å². The van der Waals surface area contributed by atoms with E-state index in [2.05, 4.69) is 5.32 Å². The molecule has 0 radical (unpaired) electrons. The van der Waals surface area contributed by atoms with Gasteiger partial charge in [-0.2, -0.15) is 8.78 Å². The van der Waals surface area contributed by atoms with Crippen LogP contribution in [0.25, 0.3) is 0 Å². The van der Waals surface area contributed by atoms with E-state index in [9.17, 15) is 17.2 Å². The minimum atomic E-state index is -2.97. The molecule has 4 nitrogen and oxygen atoms in total. The molecule has 0 spiro atoms. The number of rotatable bonds is 8. The van der Waals surface area contributed by atoms with Gasteiger partial charge in [-0.3, -0.25) is 0 Å². The van der Waals surface area contributed by atoms with E-state index in [1.807, 2.05) is 0 Å². The molecule has 0 aliphatic rings. The summed E-state index contributed by atoms with van der Waals surface area (Å²) >= 11 is 0.503. The molecule has 1 aromatic rings. The molecule has 8 heteroatoms. The monoisotopic (exact) mass is 299 g/mol. The van der Waals surface area contributed by atoms with E-state index < -0.39 is 15.6 Å². The molecule has 0 atom stereocenters. The fraction of sp³-hybridized carbons (Fsp3) is 0.600. The van der Waals surface area contributed by atoms with Crippen LogP contribution < -0.4 is 5.32 Å². The molecule has 0 fully saturated rings. The van der Waals surface area contributed by atoms with Crippen molar-refractivity contribution in [3.8, 4) is 0 Å². The second-order valence-corrected chi connectivity index (χ2v) is 6.98. The number of halogens is 2. The highest BCUT2D eigenvalue weighted by Gasteiger charge is 2.07. The van der Waals surface area contributed by atoms with Gasteiger partial charge in [0.25, 0.3) is 5.76 Å². The standard InChI is InChI=1S/C10H15F2NO3S2/c1-18(14,15)5-4-13-6-8-2-3-9(16-8)7-17-10(11)12/h2-3,10,13H,4-7H2,1H3. The van der Waals surface area contributed by atoms with Gasteiger partial charge in [0.2, 0.25) is 0 Å². The van der Waals surface area contributed by atoms with E-state index in [4.69, 9.17) is 4.42 Å². The van der Waals surface area contributed by atoms with Gasteiger partial charge in [0, 0.05) is 12.8 Å². The third-order valence-electron chi connectivity index (χ3n) is 2.02. The van der Waals surface area contributed by atoms with Crippen molar-refractivity contribution < 1.29 is 21.6 Å². The number of nitrogens with one attached hydrogen (secondary N) is 1. The Balaban J connectivity index is 2.27. The van der Waals surface area contributed by atoms with Crippen LogP contribution in [0.2, 0.25) is 0 Å². The first kappa shape index (κ1) is 15.5. The third kappa shape index (κ3) is 6.97. The first-order valence-corrected chi connectivity index (χ1v) is 8.33. The largest absolute Gasteiger partial charge is 0.464 e. The van der Waals surface area contributed by atoms with Crippen LogP contribution in [0.3, 0.4) is 0 Å². The average molecular weight is 299 g/mol. The summed E-state index contributed by atoms with van der Waals surface area (Å²) in [4.78, 5) is 0. The van der Waals surface area contributed by atoms with Crippen LogP contribution in [-0.2, 0) is 22.1 Å². The number of thioether (sulfide) groups is 1. The van der Waals surface area contributed by atoms with Gasteiger partial charge in [-0.05, 0) is 12.1 Å². The Morgan fingerprint density at radius 3 is 2.67 bits per heavy atom. The summed E-state index contributed by atoms with van der Waals surface area (Å²) in [6.07, 6.45) is 1.17. The van der Waals surface area contributed by atoms with Crippen molar-refractivity contribution in [3.63, 3.8) is 0 Å². The lowest BCUT2D eigenvalue weighted by atomic mass is 10.4. The third-order valence-corrected chi connectivity index (χ3v) is 3.67. The highest BCUT2D eigenvalue weighted by atomic mass is 32.2. The van der Waals surface area contributed by atoms with Crippen LogP contribution in [0.1, 0.15) is 11.5 Å². The number of sulfone groups is 1. The van der Waals surface area contributed by atoms with Crippen molar-refractivity contribution in [2.24, 2.45) is 0 Å². The number of alkyl halides is 2. The number of furan rings is 1. The molecule has 18 heavy (non-hydrogen) atoms. The maximum absolute atomic E-state index is 11.9. The number of hydrogen-bond donors (Lipinski definition) is 1. The molecule has 0 bridgehead atoms. The van der Waals surface area contributed by atoms with Gasteiger partial charge in [-0.25, -0.2) is 8.42 Å². The van der Waals surface area contributed by atoms with Crippen LogP contribution in [-0.4, -0.2) is 32.7 Å². The Kier molecular flexibility index (Phi) is 6.10. The van der Waals surface area contributed by atoms with E-state index >= 15 is 0 Å². The Morgan fingerprint density at radius 1 is 1.39 bits per heavy atom. The first-order chi connectivity index (χ1) is 8.37. The van der Waals surface area contributed by atoms with Crippen molar-refractivity contribution in [3.05, 3.63) is 23.7 Å². The summed E-state index contributed by atoms with van der Waals surface area (Å²) in [5.74, 6) is -1.14. The molecule has 0 saturated carbocycles. The highest BCUT2D eigenvalue weighted by Crippen LogP contribution is 2.21. The van der Waals surface area contributed by atoms with Crippen molar-refractivity contribution in [2.45, 2.75) is 18.1 Å². The Morgan fingerprint density at radius 2 is 2.06 bits per heavy atom. The van der Waals surface area contributed by atoms with Gasteiger partial charge in [-0.1, -0.05) is 11.8 Å². The van der Waals surface area contributed by atoms with Gasteiger partial charge in [0.1, 0.15) is 21.4 Å². The normalized spacial score (nSPS) is 12.2. The Bertz CT molecular complexity index is 459. The van der Waals surface area contributed by atoms with Crippen LogP contribution in [0.4, 0.5) is 8.78 Å². The Hall–Kier alpha value is -0.600. The van der Waals surface area contributed by atoms with Crippen molar-refractivity contribution in [2.75, 3.05) is 18.6 Å². The van der Waals surface area contributed by atoms with E-state index in [0.29, 0.717) is 36.4 Å². The summed E-state index contributed by atoms with van der Waals surface area (Å²) in [5, 5.41) is 2.91. The summed E-state index contributed by atoms with van der Waals surface area (Å²) in [5.41, 5.74) is 0. The van der Waals surface area contributed by atoms with E-state index in [-0.39, 0.29) is 11.5 Å². The molecular formula is C10H15F2NO3S2. The smallest absolute Gasteiger partial charge is 0.284 e. The fourth-order valence-electron chi connectivity index (χ4n) is 1.21.